The van der Waals surface area contributed by atoms with Crippen molar-refractivity contribution in [2.75, 3.05) is 26.7 Å². The Kier molecular flexibility index (Phi) is 5.01. The summed E-state index contributed by atoms with van der Waals surface area (Å²) in [6.07, 6.45) is 3.88. The first-order valence-electron chi connectivity index (χ1n) is 6.40. The first kappa shape index (κ1) is 13.1. The molecular weight excluding hydrogens is 276 g/mol. The van der Waals surface area contributed by atoms with Crippen molar-refractivity contribution in [1.82, 2.24) is 10.2 Å². The third-order valence-electron chi connectivity index (χ3n) is 3.18. The zero-order chi connectivity index (χ0) is 12.1. The highest BCUT2D eigenvalue weighted by Gasteiger charge is 2.19. The van der Waals surface area contributed by atoms with Crippen LogP contribution in [0.1, 0.15) is 18.4 Å². The van der Waals surface area contributed by atoms with E-state index in [-0.39, 0.29) is 0 Å². The summed E-state index contributed by atoms with van der Waals surface area (Å²) in [7, 11) is 2.20. The highest BCUT2D eigenvalue weighted by molar-refractivity contribution is 9.10. The van der Waals surface area contributed by atoms with Crippen LogP contribution in [-0.4, -0.2) is 37.6 Å². The van der Waals surface area contributed by atoms with Gasteiger partial charge in [0, 0.05) is 30.1 Å². The maximum atomic E-state index is 3.55. The number of rotatable bonds is 7. The average Bonchev–Trinajstić information content (AvgIpc) is 3.11. The molecule has 0 atom stereocenters. The molecule has 0 radical (unpaired) electrons. The standard InChI is InChI=1S/C14H21BrN2/c1-17(10-8-16-14-5-6-14)9-7-12-3-2-4-13(15)11-12/h2-4,11,14,16H,5-10H2,1H3. The van der Waals surface area contributed by atoms with Crippen LogP contribution in [0, 0.1) is 0 Å². The lowest BCUT2D eigenvalue weighted by molar-refractivity contribution is 0.335. The van der Waals surface area contributed by atoms with Crippen LogP contribution in [0.5, 0.6) is 0 Å². The predicted octanol–water partition coefficient (Wildman–Crippen LogP) is 2.68. The Labute approximate surface area is 113 Å². The van der Waals surface area contributed by atoms with Gasteiger partial charge in [-0.25, -0.2) is 0 Å². The minimum atomic E-state index is 0.827. The third-order valence-corrected chi connectivity index (χ3v) is 3.67. The Morgan fingerprint density at radius 3 is 2.88 bits per heavy atom. The summed E-state index contributed by atoms with van der Waals surface area (Å²) in [6, 6.07) is 9.41. The lowest BCUT2D eigenvalue weighted by atomic mass is 10.1. The smallest absolute Gasteiger partial charge is 0.0178 e. The lowest BCUT2D eigenvalue weighted by Crippen LogP contribution is -2.31. The molecule has 1 aromatic rings. The number of halogens is 1. The van der Waals surface area contributed by atoms with Gasteiger partial charge in [-0.05, 0) is 44.0 Å². The fourth-order valence-corrected chi connectivity index (χ4v) is 2.32. The van der Waals surface area contributed by atoms with Gasteiger partial charge < -0.3 is 10.2 Å². The second kappa shape index (κ2) is 6.53. The molecule has 1 aliphatic carbocycles. The summed E-state index contributed by atoms with van der Waals surface area (Å²) in [5.74, 6) is 0. The molecule has 94 valence electrons. The van der Waals surface area contributed by atoms with E-state index in [1.54, 1.807) is 0 Å². The van der Waals surface area contributed by atoms with Crippen molar-refractivity contribution in [3.63, 3.8) is 0 Å². The number of benzene rings is 1. The first-order chi connectivity index (χ1) is 8.24. The van der Waals surface area contributed by atoms with Gasteiger partial charge in [-0.2, -0.15) is 0 Å². The van der Waals surface area contributed by atoms with Crippen LogP contribution < -0.4 is 5.32 Å². The highest BCUT2D eigenvalue weighted by atomic mass is 79.9. The van der Waals surface area contributed by atoms with Crippen LogP contribution in [-0.2, 0) is 6.42 Å². The topological polar surface area (TPSA) is 15.3 Å². The Balaban J connectivity index is 1.62. The van der Waals surface area contributed by atoms with E-state index in [9.17, 15) is 0 Å². The minimum absolute atomic E-state index is 0.827. The molecule has 2 nitrogen and oxygen atoms in total. The third kappa shape index (κ3) is 5.19. The zero-order valence-corrected chi connectivity index (χ0v) is 12.0. The minimum Gasteiger partial charge on any atom is -0.313 e. The number of hydrogen-bond donors (Lipinski definition) is 1. The van der Waals surface area contributed by atoms with Crippen molar-refractivity contribution >= 4 is 15.9 Å². The quantitative estimate of drug-likeness (QED) is 0.832. The number of likely N-dealkylation sites (N-methyl/N-ethyl adjacent to an activating group) is 1. The fourth-order valence-electron chi connectivity index (χ4n) is 1.87. The summed E-state index contributed by atoms with van der Waals surface area (Å²) >= 11 is 3.51. The molecule has 1 aromatic carbocycles. The zero-order valence-electron chi connectivity index (χ0n) is 10.5. The van der Waals surface area contributed by atoms with E-state index < -0.39 is 0 Å². The molecule has 3 heteroatoms. The molecule has 17 heavy (non-hydrogen) atoms. The van der Waals surface area contributed by atoms with Crippen LogP contribution in [0.2, 0.25) is 0 Å². The number of nitrogens with zero attached hydrogens (tertiary/aromatic N) is 1. The molecule has 0 saturated heterocycles. The molecule has 1 aliphatic rings. The van der Waals surface area contributed by atoms with E-state index in [1.165, 1.54) is 22.9 Å². The molecule has 0 aliphatic heterocycles. The van der Waals surface area contributed by atoms with E-state index in [0.717, 1.165) is 32.1 Å². The monoisotopic (exact) mass is 296 g/mol. The Hall–Kier alpha value is -0.380. The first-order valence-corrected chi connectivity index (χ1v) is 7.20. The summed E-state index contributed by atoms with van der Waals surface area (Å²) < 4.78 is 1.17. The molecule has 0 heterocycles. The van der Waals surface area contributed by atoms with E-state index in [0.29, 0.717) is 0 Å². The van der Waals surface area contributed by atoms with Gasteiger partial charge in [0.25, 0.3) is 0 Å². The maximum absolute atomic E-state index is 3.55. The lowest BCUT2D eigenvalue weighted by Gasteiger charge is -2.16. The van der Waals surface area contributed by atoms with Crippen molar-refractivity contribution < 1.29 is 0 Å². The van der Waals surface area contributed by atoms with Gasteiger partial charge in [0.2, 0.25) is 0 Å². The summed E-state index contributed by atoms with van der Waals surface area (Å²) in [6.45, 7) is 3.40. The van der Waals surface area contributed by atoms with Gasteiger partial charge in [-0.1, -0.05) is 28.1 Å². The van der Waals surface area contributed by atoms with E-state index >= 15 is 0 Å². The molecular formula is C14H21BrN2. The van der Waals surface area contributed by atoms with E-state index in [1.807, 2.05) is 0 Å². The van der Waals surface area contributed by atoms with Crippen LogP contribution in [0.25, 0.3) is 0 Å². The summed E-state index contributed by atoms with van der Waals surface area (Å²) in [5.41, 5.74) is 1.40. The molecule has 0 amide bonds. The van der Waals surface area contributed by atoms with E-state index in [2.05, 4.69) is 57.5 Å². The summed E-state index contributed by atoms with van der Waals surface area (Å²) in [5, 5.41) is 3.55. The second-order valence-corrected chi connectivity index (χ2v) is 5.83. The van der Waals surface area contributed by atoms with Crippen LogP contribution >= 0.6 is 15.9 Å². The SMILES string of the molecule is CN(CCNC1CC1)CCc1cccc(Br)c1. The molecule has 0 bridgehead atoms. The fraction of sp³-hybridized carbons (Fsp3) is 0.571. The number of hydrogen-bond acceptors (Lipinski definition) is 2. The molecule has 2 rings (SSSR count). The largest absolute Gasteiger partial charge is 0.313 e. The second-order valence-electron chi connectivity index (χ2n) is 4.91. The van der Waals surface area contributed by atoms with Crippen molar-refractivity contribution in [2.24, 2.45) is 0 Å². The molecule has 0 unspecified atom stereocenters. The molecule has 1 fully saturated rings. The Morgan fingerprint density at radius 1 is 1.35 bits per heavy atom. The maximum Gasteiger partial charge on any atom is 0.0178 e. The van der Waals surface area contributed by atoms with Crippen molar-refractivity contribution in [1.29, 1.82) is 0 Å². The van der Waals surface area contributed by atoms with Gasteiger partial charge >= 0.3 is 0 Å². The van der Waals surface area contributed by atoms with E-state index in [4.69, 9.17) is 0 Å². The van der Waals surface area contributed by atoms with Crippen molar-refractivity contribution in [2.45, 2.75) is 25.3 Å². The van der Waals surface area contributed by atoms with Gasteiger partial charge in [0.05, 0.1) is 0 Å². The van der Waals surface area contributed by atoms with Crippen LogP contribution in [0.4, 0.5) is 0 Å². The number of nitrogens with one attached hydrogen (secondary N) is 1. The van der Waals surface area contributed by atoms with Gasteiger partial charge in [-0.15, -0.1) is 0 Å². The average molecular weight is 297 g/mol. The Morgan fingerprint density at radius 2 is 2.18 bits per heavy atom. The predicted molar refractivity (Wildman–Crippen MR) is 76.4 cm³/mol. The van der Waals surface area contributed by atoms with Gasteiger partial charge in [0.15, 0.2) is 0 Å². The van der Waals surface area contributed by atoms with Crippen molar-refractivity contribution in [3.8, 4) is 0 Å². The normalized spacial score (nSPS) is 15.5. The van der Waals surface area contributed by atoms with Crippen LogP contribution in [0.15, 0.2) is 28.7 Å². The molecule has 1 N–H and O–H groups in total. The summed E-state index contributed by atoms with van der Waals surface area (Å²) in [4.78, 5) is 2.40. The molecule has 1 saturated carbocycles. The molecule has 0 aromatic heterocycles. The van der Waals surface area contributed by atoms with Gasteiger partial charge in [-0.3, -0.25) is 0 Å². The highest BCUT2D eigenvalue weighted by Crippen LogP contribution is 2.18. The molecule has 0 spiro atoms. The van der Waals surface area contributed by atoms with Crippen molar-refractivity contribution in [3.05, 3.63) is 34.3 Å². The van der Waals surface area contributed by atoms with Crippen LogP contribution in [0.3, 0.4) is 0 Å². The Bertz CT molecular complexity index is 350. The van der Waals surface area contributed by atoms with Gasteiger partial charge in [0.1, 0.15) is 0 Å².